The summed E-state index contributed by atoms with van der Waals surface area (Å²) in [5.41, 5.74) is 0. The number of hydrogen-bond acceptors (Lipinski definition) is 3. The lowest BCUT2D eigenvalue weighted by molar-refractivity contribution is 0.366. The third-order valence-electron chi connectivity index (χ3n) is 0.612. The van der Waals surface area contributed by atoms with E-state index in [0.717, 1.165) is 0 Å². The van der Waals surface area contributed by atoms with Crippen molar-refractivity contribution < 1.29 is 17.5 Å². The molecule has 0 aromatic rings. The van der Waals surface area contributed by atoms with Crippen LogP contribution in [0.15, 0.2) is 0 Å². The van der Waals surface area contributed by atoms with Crippen molar-refractivity contribution in [1.82, 2.24) is 0 Å². The molecule has 0 aliphatic heterocycles. The van der Waals surface area contributed by atoms with Crippen LogP contribution in [0.3, 0.4) is 0 Å². The second-order valence-electron chi connectivity index (χ2n) is 2.12. The Labute approximate surface area is 70.9 Å². The average molecular weight is 202 g/mol. The molecule has 0 heterocycles. The molecule has 0 saturated heterocycles. The van der Waals surface area contributed by atoms with Crippen molar-refractivity contribution in [3.8, 4) is 0 Å². The van der Waals surface area contributed by atoms with Crippen LogP contribution in [0.5, 0.6) is 0 Å². The van der Waals surface area contributed by atoms with Gasteiger partial charge in [-0.15, -0.1) is 0 Å². The summed E-state index contributed by atoms with van der Waals surface area (Å²) in [7, 11) is -4.23. The van der Waals surface area contributed by atoms with E-state index in [0.29, 0.717) is 10.9 Å². The van der Waals surface area contributed by atoms with Gasteiger partial charge in [0.1, 0.15) is 5.75 Å². The lowest BCUT2D eigenvalue weighted by atomic mass is 10.6. The minimum atomic E-state index is -4.92. The Bertz CT molecular complexity index is 153. The topological polar surface area (TPSA) is 77.4 Å². The van der Waals surface area contributed by atoms with Crippen LogP contribution in [0, 0.1) is 0 Å². The van der Waals surface area contributed by atoms with Crippen LogP contribution in [0.4, 0.5) is 0 Å². The largest absolute Gasteiger partial charge is 0.726 e. The summed E-state index contributed by atoms with van der Waals surface area (Å²) in [6.07, 6.45) is 5.91. The summed E-state index contributed by atoms with van der Waals surface area (Å²) >= 11 is 0. The molecule has 0 unspecified atom stereocenters. The highest BCUT2D eigenvalue weighted by Crippen LogP contribution is 1.85. The average Bonchev–Trinajstić information content (AvgIpc) is 1.58. The fourth-order valence-electron chi connectivity index (χ4n) is 0.408. The molecule has 0 aromatic carbocycles. The molecule has 6 heteroatoms. The summed E-state index contributed by atoms with van der Waals surface area (Å²) in [6, 6.07) is 0. The molecule has 0 atom stereocenters. The highest BCUT2D eigenvalue weighted by atomic mass is 32.3. The minimum Gasteiger partial charge on any atom is -0.726 e. The van der Waals surface area contributed by atoms with E-state index in [-0.39, 0.29) is 0 Å². The van der Waals surface area contributed by atoms with Gasteiger partial charge in [-0.1, -0.05) is 6.92 Å². The SMILES string of the molecule is CCC[S+](C)C.O=S(=O)([O-])O. The number of rotatable bonds is 2. The molecule has 0 aromatic heterocycles. The van der Waals surface area contributed by atoms with Gasteiger partial charge < -0.3 is 4.55 Å². The number of hydrogen-bond donors (Lipinski definition) is 1. The maximum atomic E-state index is 8.63. The maximum absolute atomic E-state index is 8.63. The Morgan fingerprint density at radius 2 is 1.73 bits per heavy atom. The van der Waals surface area contributed by atoms with E-state index in [2.05, 4.69) is 19.4 Å². The van der Waals surface area contributed by atoms with Gasteiger partial charge in [-0.2, -0.15) is 0 Å². The molecular formula is C5H14O4S2. The van der Waals surface area contributed by atoms with Crippen LogP contribution in [0.25, 0.3) is 0 Å². The molecule has 0 aliphatic carbocycles. The highest BCUT2D eigenvalue weighted by molar-refractivity contribution is 7.95. The Morgan fingerprint density at radius 3 is 1.73 bits per heavy atom. The van der Waals surface area contributed by atoms with E-state index in [9.17, 15) is 0 Å². The van der Waals surface area contributed by atoms with Gasteiger partial charge in [0.05, 0.1) is 12.5 Å². The van der Waals surface area contributed by atoms with Crippen molar-refractivity contribution in [3.05, 3.63) is 0 Å². The van der Waals surface area contributed by atoms with Crippen molar-refractivity contribution in [3.63, 3.8) is 0 Å². The van der Waals surface area contributed by atoms with E-state index >= 15 is 0 Å². The third-order valence-corrected chi connectivity index (χ3v) is 1.84. The van der Waals surface area contributed by atoms with Gasteiger partial charge in [0, 0.05) is 0 Å². The van der Waals surface area contributed by atoms with Gasteiger partial charge >= 0.3 is 0 Å². The van der Waals surface area contributed by atoms with E-state index in [1.165, 1.54) is 12.2 Å². The van der Waals surface area contributed by atoms with Crippen molar-refractivity contribution in [2.24, 2.45) is 0 Å². The molecule has 0 bridgehead atoms. The van der Waals surface area contributed by atoms with Crippen molar-refractivity contribution in [1.29, 1.82) is 0 Å². The van der Waals surface area contributed by atoms with E-state index < -0.39 is 10.4 Å². The van der Waals surface area contributed by atoms with Crippen LogP contribution in [-0.2, 0) is 21.3 Å². The first-order valence-corrected chi connectivity index (χ1v) is 6.57. The molecule has 0 fully saturated rings. The molecular weight excluding hydrogens is 188 g/mol. The molecule has 4 nitrogen and oxygen atoms in total. The van der Waals surface area contributed by atoms with Crippen molar-refractivity contribution in [2.45, 2.75) is 13.3 Å². The Balaban J connectivity index is 0. The Morgan fingerprint density at radius 1 is 1.45 bits per heavy atom. The second kappa shape index (κ2) is 6.90. The predicted octanol–water partition coefficient (Wildman–Crippen LogP) is 0.279. The van der Waals surface area contributed by atoms with Crippen molar-refractivity contribution >= 4 is 21.3 Å². The summed E-state index contributed by atoms with van der Waals surface area (Å²) < 4.78 is 32.8. The van der Waals surface area contributed by atoms with Crippen LogP contribution in [0.1, 0.15) is 13.3 Å². The standard InChI is InChI=1S/C5H13S.H2O4S/c1-4-5-6(2)3;1-5(2,3)4/h4-5H2,1-3H3;(H2,1,2,3,4)/q+1;/p-1. The van der Waals surface area contributed by atoms with Gasteiger partial charge in [-0.05, 0) is 17.3 Å². The molecule has 11 heavy (non-hydrogen) atoms. The fourth-order valence-corrected chi connectivity index (χ4v) is 1.22. The molecule has 0 spiro atoms. The molecule has 0 saturated carbocycles. The zero-order chi connectivity index (χ0) is 9.49. The van der Waals surface area contributed by atoms with Gasteiger partial charge in [0.25, 0.3) is 0 Å². The van der Waals surface area contributed by atoms with Crippen LogP contribution < -0.4 is 0 Å². The van der Waals surface area contributed by atoms with Crippen LogP contribution in [0.2, 0.25) is 0 Å². The lowest BCUT2D eigenvalue weighted by Gasteiger charge is -1.88. The predicted molar refractivity (Wildman–Crippen MR) is 46.7 cm³/mol. The first-order chi connectivity index (χ1) is 4.77. The van der Waals surface area contributed by atoms with Crippen LogP contribution >= 0.6 is 0 Å². The van der Waals surface area contributed by atoms with E-state index in [1.807, 2.05) is 0 Å². The third kappa shape index (κ3) is 66.6. The molecule has 70 valence electrons. The normalized spacial score (nSPS) is 10.7. The zero-order valence-corrected chi connectivity index (χ0v) is 8.54. The van der Waals surface area contributed by atoms with E-state index in [1.54, 1.807) is 0 Å². The first-order valence-electron chi connectivity index (χ1n) is 2.99. The molecule has 0 aliphatic rings. The molecule has 0 rings (SSSR count). The van der Waals surface area contributed by atoms with Gasteiger partial charge in [-0.3, -0.25) is 4.55 Å². The minimum absolute atomic E-state index is 0.684. The smallest absolute Gasteiger partial charge is 0.215 e. The van der Waals surface area contributed by atoms with Crippen molar-refractivity contribution in [2.75, 3.05) is 18.3 Å². The molecule has 0 amide bonds. The Kier molecular flexibility index (Phi) is 8.65. The highest BCUT2D eigenvalue weighted by Gasteiger charge is 1.94. The first kappa shape index (κ1) is 13.8. The molecule has 0 radical (unpaired) electrons. The summed E-state index contributed by atoms with van der Waals surface area (Å²) in [5, 5.41) is 0. The van der Waals surface area contributed by atoms with E-state index in [4.69, 9.17) is 17.5 Å². The van der Waals surface area contributed by atoms with Gasteiger partial charge in [-0.25, -0.2) is 8.42 Å². The fraction of sp³-hybridized carbons (Fsp3) is 1.00. The second-order valence-corrected chi connectivity index (χ2v) is 5.35. The van der Waals surface area contributed by atoms with Crippen LogP contribution in [-0.4, -0.2) is 35.8 Å². The maximum Gasteiger partial charge on any atom is 0.215 e. The quantitative estimate of drug-likeness (QED) is 0.396. The van der Waals surface area contributed by atoms with Gasteiger partial charge in [0.15, 0.2) is 0 Å². The zero-order valence-electron chi connectivity index (χ0n) is 6.90. The monoisotopic (exact) mass is 202 g/mol. The summed E-state index contributed by atoms with van der Waals surface area (Å²) in [6.45, 7) is 2.23. The summed E-state index contributed by atoms with van der Waals surface area (Å²) in [4.78, 5) is 0. The van der Waals surface area contributed by atoms with Gasteiger partial charge in [0.2, 0.25) is 10.4 Å². The summed E-state index contributed by atoms with van der Waals surface area (Å²) in [5.74, 6) is 1.40. The Hall–Kier alpha value is 0.220. The molecule has 1 N–H and O–H groups in total. The lowest BCUT2D eigenvalue weighted by Crippen LogP contribution is -1.98.